The van der Waals surface area contributed by atoms with E-state index in [-0.39, 0.29) is 0 Å². The maximum absolute atomic E-state index is 5.44. The molecule has 1 nitrogen and oxygen atoms in total. The zero-order chi connectivity index (χ0) is 9.52. The van der Waals surface area contributed by atoms with Crippen LogP contribution in [0.1, 0.15) is 11.1 Å². The van der Waals surface area contributed by atoms with E-state index in [9.17, 15) is 0 Å². The van der Waals surface area contributed by atoms with Gasteiger partial charge >= 0.3 is 0 Å². The van der Waals surface area contributed by atoms with Crippen molar-refractivity contribution in [2.24, 2.45) is 0 Å². The van der Waals surface area contributed by atoms with Crippen LogP contribution in [0.2, 0.25) is 0 Å². The Bertz CT molecular complexity index is 305. The van der Waals surface area contributed by atoms with E-state index in [1.165, 1.54) is 0 Å². The number of methoxy groups -OCH3 is 1. The third-order valence-electron chi connectivity index (χ3n) is 1.56. The van der Waals surface area contributed by atoms with Crippen molar-refractivity contribution >= 4 is 11.6 Å². The molecule has 0 fully saturated rings. The van der Waals surface area contributed by atoms with Crippen LogP contribution >= 0.6 is 11.6 Å². The lowest BCUT2D eigenvalue weighted by molar-refractivity contribution is 0.185. The van der Waals surface area contributed by atoms with E-state index in [1.807, 2.05) is 24.3 Å². The summed E-state index contributed by atoms with van der Waals surface area (Å²) in [5.41, 5.74) is 2.14. The molecule has 0 saturated heterocycles. The average molecular weight is 195 g/mol. The normalized spacial score (nSPS) is 9.08. The molecule has 2 heteroatoms. The molecule has 1 aromatic rings. The lowest BCUT2D eigenvalue weighted by Crippen LogP contribution is -1.86. The number of benzene rings is 1. The first kappa shape index (κ1) is 10.1. The third kappa shape index (κ3) is 3.50. The second-order valence-corrected chi connectivity index (χ2v) is 2.83. The first-order valence-electron chi connectivity index (χ1n) is 3.99. The topological polar surface area (TPSA) is 9.23 Å². The summed E-state index contributed by atoms with van der Waals surface area (Å²) in [6, 6.07) is 7.94. The van der Waals surface area contributed by atoms with Gasteiger partial charge in [-0.15, -0.1) is 11.6 Å². The van der Waals surface area contributed by atoms with E-state index in [4.69, 9.17) is 16.3 Å². The Kier molecular flexibility index (Phi) is 4.39. The predicted octanol–water partition coefficient (Wildman–Crippen LogP) is 2.42. The van der Waals surface area contributed by atoms with Crippen LogP contribution in [-0.2, 0) is 11.3 Å². The number of halogens is 1. The van der Waals surface area contributed by atoms with Gasteiger partial charge in [-0.25, -0.2) is 0 Å². The number of hydrogen-bond donors (Lipinski definition) is 0. The van der Waals surface area contributed by atoms with Crippen molar-refractivity contribution in [3.05, 3.63) is 35.4 Å². The van der Waals surface area contributed by atoms with E-state index in [1.54, 1.807) is 7.11 Å². The molecular formula is C11H11ClO. The van der Waals surface area contributed by atoms with E-state index in [2.05, 4.69) is 11.8 Å². The minimum atomic E-state index is 0.375. The summed E-state index contributed by atoms with van der Waals surface area (Å²) in [5.74, 6) is 6.12. The minimum absolute atomic E-state index is 0.375. The molecule has 0 heterocycles. The Morgan fingerprint density at radius 3 is 2.54 bits per heavy atom. The zero-order valence-corrected chi connectivity index (χ0v) is 8.27. The summed E-state index contributed by atoms with van der Waals surface area (Å²) in [4.78, 5) is 0. The molecule has 0 aliphatic heterocycles. The van der Waals surface area contributed by atoms with Crippen LogP contribution in [0.4, 0.5) is 0 Å². The van der Waals surface area contributed by atoms with E-state index in [0.29, 0.717) is 12.5 Å². The van der Waals surface area contributed by atoms with Crippen LogP contribution in [0.15, 0.2) is 24.3 Å². The van der Waals surface area contributed by atoms with E-state index < -0.39 is 0 Å². The van der Waals surface area contributed by atoms with Crippen molar-refractivity contribution in [2.75, 3.05) is 13.0 Å². The first-order chi connectivity index (χ1) is 6.36. The summed E-state index contributed by atoms with van der Waals surface area (Å²) >= 11 is 5.44. The summed E-state index contributed by atoms with van der Waals surface area (Å²) in [7, 11) is 1.68. The summed E-state index contributed by atoms with van der Waals surface area (Å²) in [6.07, 6.45) is 0. The molecule has 1 aromatic carbocycles. The fraction of sp³-hybridized carbons (Fsp3) is 0.273. The molecule has 0 amide bonds. The van der Waals surface area contributed by atoms with Gasteiger partial charge in [-0.3, -0.25) is 0 Å². The molecule has 68 valence electrons. The smallest absolute Gasteiger partial charge is 0.0839 e. The number of ether oxygens (including phenoxy) is 1. The molecule has 0 bridgehead atoms. The molecule has 0 spiro atoms. The molecule has 0 N–H and O–H groups in total. The highest BCUT2D eigenvalue weighted by atomic mass is 35.5. The monoisotopic (exact) mass is 194 g/mol. The highest BCUT2D eigenvalue weighted by Gasteiger charge is 1.90. The van der Waals surface area contributed by atoms with Crippen molar-refractivity contribution in [2.45, 2.75) is 6.61 Å². The van der Waals surface area contributed by atoms with Gasteiger partial charge in [0.15, 0.2) is 0 Å². The molecule has 0 aromatic heterocycles. The fourth-order valence-corrected chi connectivity index (χ4v) is 1.05. The van der Waals surface area contributed by atoms with Gasteiger partial charge in [-0.05, 0) is 17.7 Å². The van der Waals surface area contributed by atoms with Crippen molar-refractivity contribution in [1.82, 2.24) is 0 Å². The Hall–Kier alpha value is -0.970. The molecule has 0 atom stereocenters. The van der Waals surface area contributed by atoms with Gasteiger partial charge in [0, 0.05) is 12.7 Å². The van der Waals surface area contributed by atoms with Crippen LogP contribution in [0.25, 0.3) is 0 Å². The van der Waals surface area contributed by atoms with Crippen molar-refractivity contribution in [1.29, 1.82) is 0 Å². The molecule has 0 aliphatic carbocycles. The fourth-order valence-electron chi connectivity index (χ4n) is 0.986. The SMILES string of the molecule is COCc1ccc(C#CCCl)cc1. The molecule has 1 rings (SSSR count). The zero-order valence-electron chi connectivity index (χ0n) is 7.51. The summed E-state index contributed by atoms with van der Waals surface area (Å²) < 4.78 is 4.99. The highest BCUT2D eigenvalue weighted by Crippen LogP contribution is 2.03. The van der Waals surface area contributed by atoms with Crippen molar-refractivity contribution < 1.29 is 4.74 Å². The Balaban J connectivity index is 2.69. The standard InChI is InChI=1S/C11H11ClO/c1-13-9-11-6-4-10(5-7-11)3-2-8-12/h4-7H,8-9H2,1H3. The molecule has 0 aliphatic rings. The number of rotatable bonds is 2. The highest BCUT2D eigenvalue weighted by molar-refractivity contribution is 6.19. The molecule has 0 unspecified atom stereocenters. The summed E-state index contributed by atoms with van der Waals surface area (Å²) in [6.45, 7) is 0.642. The van der Waals surface area contributed by atoms with Gasteiger partial charge in [-0.1, -0.05) is 24.0 Å². The second kappa shape index (κ2) is 5.64. The van der Waals surface area contributed by atoms with Gasteiger partial charge in [-0.2, -0.15) is 0 Å². The molecule has 0 saturated carbocycles. The van der Waals surface area contributed by atoms with Gasteiger partial charge in [0.2, 0.25) is 0 Å². The lowest BCUT2D eigenvalue weighted by atomic mass is 10.1. The maximum atomic E-state index is 5.44. The number of alkyl halides is 1. The molecular weight excluding hydrogens is 184 g/mol. The molecule has 0 radical (unpaired) electrons. The second-order valence-electron chi connectivity index (χ2n) is 2.57. The Morgan fingerprint density at radius 2 is 2.00 bits per heavy atom. The van der Waals surface area contributed by atoms with Crippen LogP contribution in [-0.4, -0.2) is 13.0 Å². The average Bonchev–Trinajstić information content (AvgIpc) is 2.17. The van der Waals surface area contributed by atoms with Crippen LogP contribution in [0.3, 0.4) is 0 Å². The van der Waals surface area contributed by atoms with Gasteiger partial charge in [0.05, 0.1) is 12.5 Å². The van der Waals surface area contributed by atoms with Crippen LogP contribution < -0.4 is 0 Å². The van der Waals surface area contributed by atoms with E-state index in [0.717, 1.165) is 11.1 Å². The van der Waals surface area contributed by atoms with Gasteiger partial charge < -0.3 is 4.74 Å². The van der Waals surface area contributed by atoms with E-state index >= 15 is 0 Å². The quantitative estimate of drug-likeness (QED) is 0.519. The largest absolute Gasteiger partial charge is 0.380 e. The number of hydrogen-bond acceptors (Lipinski definition) is 1. The predicted molar refractivity (Wildman–Crippen MR) is 54.8 cm³/mol. The van der Waals surface area contributed by atoms with Crippen LogP contribution in [0.5, 0.6) is 0 Å². The minimum Gasteiger partial charge on any atom is -0.380 e. The lowest BCUT2D eigenvalue weighted by Gasteiger charge is -1.98. The van der Waals surface area contributed by atoms with Gasteiger partial charge in [0.25, 0.3) is 0 Å². The van der Waals surface area contributed by atoms with Gasteiger partial charge in [0.1, 0.15) is 0 Å². The Morgan fingerprint density at radius 1 is 1.31 bits per heavy atom. The molecule has 13 heavy (non-hydrogen) atoms. The maximum Gasteiger partial charge on any atom is 0.0839 e. The first-order valence-corrected chi connectivity index (χ1v) is 4.53. The van der Waals surface area contributed by atoms with Crippen LogP contribution in [0, 0.1) is 11.8 Å². The third-order valence-corrected chi connectivity index (χ3v) is 1.70. The van der Waals surface area contributed by atoms with Crippen molar-refractivity contribution in [3.8, 4) is 11.8 Å². The van der Waals surface area contributed by atoms with Crippen molar-refractivity contribution in [3.63, 3.8) is 0 Å². The Labute approximate surface area is 83.7 Å². The summed E-state index contributed by atoms with van der Waals surface area (Å²) in [5, 5.41) is 0.